The molecule has 1 heterocycles. The lowest BCUT2D eigenvalue weighted by atomic mass is 10.2. The summed E-state index contributed by atoms with van der Waals surface area (Å²) in [6.45, 7) is 3.34. The summed E-state index contributed by atoms with van der Waals surface area (Å²) in [6, 6.07) is 1.12. The zero-order valence-electron chi connectivity index (χ0n) is 8.60. The van der Waals surface area contributed by atoms with E-state index >= 15 is 0 Å². The van der Waals surface area contributed by atoms with Crippen molar-refractivity contribution in [3.63, 3.8) is 0 Å². The highest BCUT2D eigenvalue weighted by molar-refractivity contribution is 5.43. The van der Waals surface area contributed by atoms with Crippen LogP contribution in [0, 0.1) is 6.92 Å². The van der Waals surface area contributed by atoms with E-state index in [4.69, 9.17) is 0 Å². The number of hydrogen-bond donors (Lipinski definition) is 1. The Hall–Kier alpha value is -1.26. The number of pyridine rings is 1. The van der Waals surface area contributed by atoms with Crippen LogP contribution in [0.2, 0.25) is 0 Å². The van der Waals surface area contributed by atoms with Crippen LogP contribution in [0.5, 0.6) is 0 Å². The van der Waals surface area contributed by atoms with E-state index in [2.05, 4.69) is 10.3 Å². The van der Waals surface area contributed by atoms with Gasteiger partial charge in [0.15, 0.2) is 0 Å². The normalized spacial score (nSPS) is 13.7. The Morgan fingerprint density at radius 3 is 2.60 bits per heavy atom. The number of aromatic nitrogens is 1. The Bertz CT molecular complexity index is 323. The van der Waals surface area contributed by atoms with Crippen molar-refractivity contribution in [1.29, 1.82) is 0 Å². The van der Waals surface area contributed by atoms with Crippen molar-refractivity contribution < 1.29 is 13.2 Å². The summed E-state index contributed by atoms with van der Waals surface area (Å²) in [6.07, 6.45) is -1.82. The van der Waals surface area contributed by atoms with E-state index in [0.29, 0.717) is 5.69 Å². The van der Waals surface area contributed by atoms with Crippen LogP contribution >= 0.6 is 0 Å². The molecule has 0 aromatic carbocycles. The maximum Gasteiger partial charge on any atom is 0.391 e. The van der Waals surface area contributed by atoms with E-state index in [1.54, 1.807) is 12.3 Å². The fraction of sp³-hybridized carbons (Fsp3) is 0.500. The molecule has 15 heavy (non-hydrogen) atoms. The summed E-state index contributed by atoms with van der Waals surface area (Å²) >= 11 is 0. The van der Waals surface area contributed by atoms with Gasteiger partial charge in [-0.3, -0.25) is 4.98 Å². The number of anilines is 1. The molecule has 0 radical (unpaired) electrons. The number of aryl methyl sites for hydroxylation is 1. The Morgan fingerprint density at radius 1 is 1.40 bits per heavy atom. The third kappa shape index (κ3) is 4.67. The van der Waals surface area contributed by atoms with E-state index in [0.717, 1.165) is 5.56 Å². The van der Waals surface area contributed by atoms with Gasteiger partial charge in [-0.05, 0) is 25.5 Å². The fourth-order valence-electron chi connectivity index (χ4n) is 1.32. The average molecular weight is 218 g/mol. The van der Waals surface area contributed by atoms with Crippen molar-refractivity contribution in [3.8, 4) is 0 Å². The maximum atomic E-state index is 12.0. The summed E-state index contributed by atoms with van der Waals surface area (Å²) in [5, 5.41) is 2.76. The van der Waals surface area contributed by atoms with Gasteiger partial charge in [0.25, 0.3) is 0 Å². The molecule has 0 saturated carbocycles. The Balaban J connectivity index is 2.55. The Labute approximate surface area is 86.5 Å². The van der Waals surface area contributed by atoms with Crippen molar-refractivity contribution in [2.24, 2.45) is 0 Å². The molecule has 84 valence electrons. The lowest BCUT2D eigenvalue weighted by Crippen LogP contribution is -2.23. The van der Waals surface area contributed by atoms with E-state index in [9.17, 15) is 13.2 Å². The average Bonchev–Trinajstić information content (AvgIpc) is 1.99. The quantitative estimate of drug-likeness (QED) is 0.843. The molecule has 1 unspecified atom stereocenters. The molecule has 0 aliphatic rings. The van der Waals surface area contributed by atoms with Crippen molar-refractivity contribution in [3.05, 3.63) is 24.0 Å². The second-order valence-corrected chi connectivity index (χ2v) is 3.62. The van der Waals surface area contributed by atoms with E-state index in [1.807, 2.05) is 6.92 Å². The van der Waals surface area contributed by atoms with Gasteiger partial charge in [0, 0.05) is 18.4 Å². The second kappa shape index (κ2) is 4.51. The molecule has 0 bridgehead atoms. The minimum atomic E-state index is -4.14. The number of alkyl halides is 3. The van der Waals surface area contributed by atoms with E-state index < -0.39 is 18.6 Å². The van der Waals surface area contributed by atoms with Crippen LogP contribution in [0.25, 0.3) is 0 Å². The lowest BCUT2D eigenvalue weighted by molar-refractivity contribution is -0.136. The predicted octanol–water partition coefficient (Wildman–Crippen LogP) is 3.14. The lowest BCUT2D eigenvalue weighted by Gasteiger charge is -2.16. The van der Waals surface area contributed by atoms with Gasteiger partial charge in [0.05, 0.1) is 12.1 Å². The molecular weight excluding hydrogens is 205 g/mol. The van der Waals surface area contributed by atoms with Crippen LogP contribution in [-0.2, 0) is 0 Å². The number of rotatable bonds is 3. The molecule has 0 saturated heterocycles. The van der Waals surface area contributed by atoms with E-state index in [-0.39, 0.29) is 0 Å². The van der Waals surface area contributed by atoms with Crippen LogP contribution in [-0.4, -0.2) is 17.2 Å². The smallest absolute Gasteiger partial charge is 0.381 e. The Morgan fingerprint density at radius 2 is 2.07 bits per heavy atom. The molecule has 1 aromatic rings. The summed E-state index contributed by atoms with van der Waals surface area (Å²) in [7, 11) is 0. The van der Waals surface area contributed by atoms with Gasteiger partial charge in [-0.15, -0.1) is 0 Å². The van der Waals surface area contributed by atoms with Crippen LogP contribution in [0.1, 0.15) is 18.9 Å². The van der Waals surface area contributed by atoms with Gasteiger partial charge >= 0.3 is 6.18 Å². The zero-order valence-corrected chi connectivity index (χ0v) is 8.60. The van der Waals surface area contributed by atoms with Crippen molar-refractivity contribution in [2.75, 3.05) is 5.32 Å². The first-order valence-corrected chi connectivity index (χ1v) is 4.62. The van der Waals surface area contributed by atoms with Crippen LogP contribution in [0.4, 0.5) is 18.9 Å². The van der Waals surface area contributed by atoms with Gasteiger partial charge in [0.1, 0.15) is 0 Å². The second-order valence-electron chi connectivity index (χ2n) is 3.62. The molecular formula is C10H13F3N2. The monoisotopic (exact) mass is 218 g/mol. The number of nitrogens with one attached hydrogen (secondary N) is 1. The summed E-state index contributed by atoms with van der Waals surface area (Å²) in [5.74, 6) is 0. The number of halogens is 3. The third-order valence-electron chi connectivity index (χ3n) is 1.83. The minimum absolute atomic E-state index is 0.617. The molecule has 5 heteroatoms. The number of nitrogens with zero attached hydrogens (tertiary/aromatic N) is 1. The Kier molecular flexibility index (Phi) is 3.55. The molecule has 0 aliphatic carbocycles. The highest BCUT2D eigenvalue weighted by Gasteiger charge is 2.29. The zero-order chi connectivity index (χ0) is 11.5. The summed E-state index contributed by atoms with van der Waals surface area (Å²) in [4.78, 5) is 3.89. The molecule has 0 amide bonds. The first kappa shape index (κ1) is 11.8. The molecule has 1 aromatic heterocycles. The summed E-state index contributed by atoms with van der Waals surface area (Å²) < 4.78 is 36.1. The highest BCUT2D eigenvalue weighted by atomic mass is 19.4. The van der Waals surface area contributed by atoms with Gasteiger partial charge in [-0.1, -0.05) is 0 Å². The van der Waals surface area contributed by atoms with Gasteiger partial charge in [-0.25, -0.2) is 0 Å². The van der Waals surface area contributed by atoms with Gasteiger partial charge in [0.2, 0.25) is 0 Å². The SMILES string of the molecule is Cc1cncc(NC(C)CC(F)(F)F)c1. The molecule has 0 aliphatic heterocycles. The van der Waals surface area contributed by atoms with Crippen LogP contribution in [0.3, 0.4) is 0 Å². The highest BCUT2D eigenvalue weighted by Crippen LogP contribution is 2.23. The minimum Gasteiger partial charge on any atom is -0.381 e. The predicted molar refractivity (Wildman–Crippen MR) is 52.7 cm³/mol. The van der Waals surface area contributed by atoms with Crippen LogP contribution < -0.4 is 5.32 Å². The molecule has 1 rings (SSSR count). The molecule has 0 spiro atoms. The first-order chi connectivity index (χ1) is 6.87. The topological polar surface area (TPSA) is 24.9 Å². The van der Waals surface area contributed by atoms with Gasteiger partial charge in [-0.2, -0.15) is 13.2 Å². The maximum absolute atomic E-state index is 12.0. The van der Waals surface area contributed by atoms with Crippen molar-refractivity contribution >= 4 is 5.69 Å². The fourth-order valence-corrected chi connectivity index (χ4v) is 1.32. The van der Waals surface area contributed by atoms with Crippen molar-refractivity contribution in [2.45, 2.75) is 32.5 Å². The van der Waals surface area contributed by atoms with E-state index in [1.165, 1.54) is 13.1 Å². The molecule has 2 nitrogen and oxygen atoms in total. The molecule has 1 atom stereocenters. The standard InChI is InChI=1S/C10H13F3N2/c1-7-3-9(6-14-5-7)15-8(2)4-10(11,12)13/h3,5-6,8,15H,4H2,1-2H3. The summed E-state index contributed by atoms with van der Waals surface area (Å²) in [5.41, 5.74) is 1.53. The van der Waals surface area contributed by atoms with Crippen molar-refractivity contribution in [1.82, 2.24) is 4.98 Å². The molecule has 1 N–H and O–H groups in total. The van der Waals surface area contributed by atoms with Gasteiger partial charge < -0.3 is 5.32 Å². The number of hydrogen-bond acceptors (Lipinski definition) is 2. The molecule has 0 fully saturated rings. The van der Waals surface area contributed by atoms with Crippen LogP contribution in [0.15, 0.2) is 18.5 Å². The first-order valence-electron chi connectivity index (χ1n) is 4.62. The third-order valence-corrected chi connectivity index (χ3v) is 1.83. The largest absolute Gasteiger partial charge is 0.391 e.